The van der Waals surface area contributed by atoms with Crippen molar-refractivity contribution in [2.75, 3.05) is 30.3 Å². The highest BCUT2D eigenvalue weighted by Gasteiger charge is 2.24. The number of likely N-dealkylation sites (tertiary alicyclic amines) is 1. The Morgan fingerprint density at radius 1 is 1.04 bits per heavy atom. The minimum atomic E-state index is 0.0499. The van der Waals surface area contributed by atoms with E-state index >= 15 is 0 Å². The summed E-state index contributed by atoms with van der Waals surface area (Å²) in [7, 11) is 0. The molecule has 2 aromatic carbocycles. The Labute approximate surface area is 156 Å². The number of hydrogen-bond acceptors (Lipinski definition) is 3. The highest BCUT2D eigenvalue weighted by molar-refractivity contribution is 5.92. The van der Waals surface area contributed by atoms with Gasteiger partial charge in [0, 0.05) is 30.5 Å². The Morgan fingerprint density at radius 2 is 1.73 bits per heavy atom. The average Bonchev–Trinajstić information content (AvgIpc) is 3.02. The second kappa shape index (κ2) is 7.92. The zero-order valence-corrected chi connectivity index (χ0v) is 16.0. The van der Waals surface area contributed by atoms with Crippen LogP contribution in [-0.4, -0.2) is 36.5 Å². The fourth-order valence-electron chi connectivity index (χ4n) is 3.32. The predicted molar refractivity (Wildman–Crippen MR) is 109 cm³/mol. The summed E-state index contributed by atoms with van der Waals surface area (Å²) in [5.74, 6) is 0.0499. The molecule has 0 saturated carbocycles. The molecule has 4 nitrogen and oxygen atoms in total. The van der Waals surface area contributed by atoms with E-state index in [2.05, 4.69) is 60.6 Å². The first-order chi connectivity index (χ1) is 12.4. The first kappa shape index (κ1) is 18.5. The lowest BCUT2D eigenvalue weighted by atomic mass is 9.87. The van der Waals surface area contributed by atoms with E-state index in [4.69, 9.17) is 0 Å². The molecule has 0 unspecified atom stereocenters. The molecule has 4 heteroatoms. The number of benzene rings is 2. The van der Waals surface area contributed by atoms with Gasteiger partial charge in [0.05, 0.1) is 6.54 Å². The van der Waals surface area contributed by atoms with Gasteiger partial charge in [0.2, 0.25) is 5.91 Å². The van der Waals surface area contributed by atoms with Gasteiger partial charge in [0.15, 0.2) is 0 Å². The van der Waals surface area contributed by atoms with Crippen LogP contribution >= 0.6 is 0 Å². The molecular formula is C22H29N3O. The van der Waals surface area contributed by atoms with E-state index in [1.165, 1.54) is 5.56 Å². The van der Waals surface area contributed by atoms with Crippen molar-refractivity contribution in [1.29, 1.82) is 0 Å². The van der Waals surface area contributed by atoms with Crippen LogP contribution in [0.4, 0.5) is 11.4 Å². The van der Waals surface area contributed by atoms with Gasteiger partial charge in [-0.15, -0.1) is 0 Å². The summed E-state index contributed by atoms with van der Waals surface area (Å²) in [5.41, 5.74) is 3.40. The molecule has 0 spiro atoms. The second-order valence-corrected chi connectivity index (χ2v) is 8.11. The van der Waals surface area contributed by atoms with Crippen molar-refractivity contribution in [2.45, 2.75) is 38.6 Å². The quantitative estimate of drug-likeness (QED) is 0.852. The largest absolute Gasteiger partial charge is 0.381 e. The molecular weight excluding hydrogens is 322 g/mol. The first-order valence-corrected chi connectivity index (χ1v) is 9.34. The van der Waals surface area contributed by atoms with Crippen LogP contribution in [0, 0.1) is 0 Å². The predicted octanol–water partition coefficient (Wildman–Crippen LogP) is 4.11. The summed E-state index contributed by atoms with van der Waals surface area (Å²) < 4.78 is 0. The minimum absolute atomic E-state index is 0.0499. The summed E-state index contributed by atoms with van der Waals surface area (Å²) >= 11 is 0. The van der Waals surface area contributed by atoms with Crippen molar-refractivity contribution in [3.05, 3.63) is 60.2 Å². The topological polar surface area (TPSA) is 44.4 Å². The molecule has 2 aromatic rings. The third kappa shape index (κ3) is 5.09. The van der Waals surface area contributed by atoms with Crippen LogP contribution in [0.5, 0.6) is 0 Å². The standard InChI is InChI=1S/C22H29N3O/c1-22(2,3)17-9-11-19(12-10-17)24-21(26)16-25-14-13-20(15-25)23-18-7-5-4-6-8-18/h4-12,20,23H,13-16H2,1-3H3,(H,24,26)/t20-/m0/s1. The van der Waals surface area contributed by atoms with Gasteiger partial charge in [-0.05, 0) is 41.7 Å². The molecule has 3 rings (SSSR count). The van der Waals surface area contributed by atoms with Crippen LogP contribution < -0.4 is 10.6 Å². The van der Waals surface area contributed by atoms with E-state index in [0.29, 0.717) is 12.6 Å². The third-order valence-corrected chi connectivity index (χ3v) is 4.82. The van der Waals surface area contributed by atoms with Crippen molar-refractivity contribution in [1.82, 2.24) is 4.90 Å². The van der Waals surface area contributed by atoms with Gasteiger partial charge in [0.1, 0.15) is 0 Å². The molecule has 1 atom stereocenters. The molecule has 0 aliphatic carbocycles. The number of amides is 1. The number of carbonyl (C=O) groups is 1. The number of nitrogens with one attached hydrogen (secondary N) is 2. The van der Waals surface area contributed by atoms with Crippen molar-refractivity contribution >= 4 is 17.3 Å². The summed E-state index contributed by atoms with van der Waals surface area (Å²) in [5, 5.41) is 6.55. The lowest BCUT2D eigenvalue weighted by Gasteiger charge is -2.20. The molecule has 0 radical (unpaired) electrons. The van der Waals surface area contributed by atoms with Crippen LogP contribution in [0.3, 0.4) is 0 Å². The van der Waals surface area contributed by atoms with E-state index in [9.17, 15) is 4.79 Å². The van der Waals surface area contributed by atoms with Crippen LogP contribution in [0.25, 0.3) is 0 Å². The molecule has 138 valence electrons. The minimum Gasteiger partial charge on any atom is -0.381 e. The smallest absolute Gasteiger partial charge is 0.238 e. The number of carbonyl (C=O) groups excluding carboxylic acids is 1. The fraction of sp³-hybridized carbons (Fsp3) is 0.409. The molecule has 1 heterocycles. The van der Waals surface area contributed by atoms with Crippen LogP contribution in [0.1, 0.15) is 32.8 Å². The van der Waals surface area contributed by atoms with Gasteiger partial charge in [-0.2, -0.15) is 0 Å². The van der Waals surface area contributed by atoms with E-state index in [1.807, 2.05) is 30.3 Å². The SMILES string of the molecule is CC(C)(C)c1ccc(NC(=O)CN2CC[C@H](Nc3ccccc3)C2)cc1. The summed E-state index contributed by atoms with van der Waals surface area (Å²) in [6.07, 6.45) is 1.06. The van der Waals surface area contributed by atoms with Crippen molar-refractivity contribution in [3.63, 3.8) is 0 Å². The van der Waals surface area contributed by atoms with Gasteiger partial charge in [-0.1, -0.05) is 51.1 Å². The van der Waals surface area contributed by atoms with Crippen molar-refractivity contribution < 1.29 is 4.79 Å². The molecule has 1 aliphatic heterocycles. The first-order valence-electron chi connectivity index (χ1n) is 9.34. The van der Waals surface area contributed by atoms with Crippen LogP contribution in [0.2, 0.25) is 0 Å². The maximum atomic E-state index is 12.3. The zero-order chi connectivity index (χ0) is 18.6. The fourth-order valence-corrected chi connectivity index (χ4v) is 3.32. The molecule has 0 aromatic heterocycles. The Hall–Kier alpha value is -2.33. The highest BCUT2D eigenvalue weighted by Crippen LogP contribution is 2.23. The van der Waals surface area contributed by atoms with Crippen LogP contribution in [0.15, 0.2) is 54.6 Å². The van der Waals surface area contributed by atoms with E-state index in [1.54, 1.807) is 0 Å². The number of anilines is 2. The maximum absolute atomic E-state index is 12.3. The second-order valence-electron chi connectivity index (χ2n) is 8.11. The van der Waals surface area contributed by atoms with Gasteiger partial charge in [-0.25, -0.2) is 0 Å². The molecule has 1 saturated heterocycles. The lowest BCUT2D eigenvalue weighted by Crippen LogP contribution is -2.33. The molecule has 1 amide bonds. The Kier molecular flexibility index (Phi) is 5.62. The Morgan fingerprint density at radius 3 is 2.38 bits per heavy atom. The number of hydrogen-bond donors (Lipinski definition) is 2. The van der Waals surface area contributed by atoms with Gasteiger partial charge in [0.25, 0.3) is 0 Å². The Bertz CT molecular complexity index is 719. The third-order valence-electron chi connectivity index (χ3n) is 4.82. The molecule has 0 bridgehead atoms. The van der Waals surface area contributed by atoms with Gasteiger partial charge >= 0.3 is 0 Å². The maximum Gasteiger partial charge on any atom is 0.238 e. The van der Waals surface area contributed by atoms with Gasteiger partial charge < -0.3 is 10.6 Å². The van der Waals surface area contributed by atoms with Gasteiger partial charge in [-0.3, -0.25) is 9.69 Å². The lowest BCUT2D eigenvalue weighted by molar-refractivity contribution is -0.117. The van der Waals surface area contributed by atoms with E-state index in [0.717, 1.165) is 30.9 Å². The molecule has 1 aliphatic rings. The van der Waals surface area contributed by atoms with Crippen LogP contribution in [-0.2, 0) is 10.2 Å². The number of nitrogens with zero attached hydrogens (tertiary/aromatic N) is 1. The number of para-hydroxylation sites is 1. The molecule has 1 fully saturated rings. The summed E-state index contributed by atoms with van der Waals surface area (Å²) in [6.45, 7) is 8.84. The Balaban J connectivity index is 1.47. The molecule has 2 N–H and O–H groups in total. The van der Waals surface area contributed by atoms with E-state index < -0.39 is 0 Å². The van der Waals surface area contributed by atoms with Crippen molar-refractivity contribution in [3.8, 4) is 0 Å². The monoisotopic (exact) mass is 351 g/mol. The normalized spacial score (nSPS) is 17.9. The average molecular weight is 351 g/mol. The highest BCUT2D eigenvalue weighted by atomic mass is 16.2. The number of rotatable bonds is 5. The molecule has 26 heavy (non-hydrogen) atoms. The van der Waals surface area contributed by atoms with Crippen molar-refractivity contribution in [2.24, 2.45) is 0 Å². The summed E-state index contributed by atoms with van der Waals surface area (Å²) in [4.78, 5) is 14.5. The summed E-state index contributed by atoms with van der Waals surface area (Å²) in [6, 6.07) is 18.8. The van der Waals surface area contributed by atoms with E-state index in [-0.39, 0.29) is 11.3 Å². The zero-order valence-electron chi connectivity index (χ0n) is 16.0.